The Hall–Kier alpha value is -12.6. The summed E-state index contributed by atoms with van der Waals surface area (Å²) >= 11 is 0. The van der Waals surface area contributed by atoms with Crippen LogP contribution in [0.1, 0.15) is 0 Å². The smallest absolute Gasteiger partial charge is 0.503 e. The third-order valence-electron chi connectivity index (χ3n) is 18.3. The zero-order chi connectivity index (χ0) is 74.1. The van der Waals surface area contributed by atoms with Gasteiger partial charge in [0.05, 0.1) is 23.3 Å². The first kappa shape index (κ1) is 76.8. The van der Waals surface area contributed by atoms with Crippen molar-refractivity contribution >= 4 is 65.7 Å². The Labute approximate surface area is 704 Å². The van der Waals surface area contributed by atoms with E-state index < -0.39 is 11.6 Å². The van der Waals surface area contributed by atoms with E-state index in [-0.39, 0.29) is 84.3 Å². The second-order valence-electron chi connectivity index (χ2n) is 25.2. The number of halogens is 2. The Kier molecular flexibility index (Phi) is 21.7. The first-order valence-electron chi connectivity index (χ1n) is 34.1. The van der Waals surface area contributed by atoms with Gasteiger partial charge in [0.2, 0.25) is 11.9 Å². The average molecular weight is 2220 g/mol. The maximum Gasteiger partial charge on any atom is 2.00 e. The topological polar surface area (TPSA) is 231 Å². The van der Waals surface area contributed by atoms with Gasteiger partial charge in [0, 0.05) is 170 Å². The normalized spacial score (nSPS) is 11.1. The Morgan fingerprint density at radius 3 is 0.807 bits per heavy atom. The first-order valence-corrected chi connectivity index (χ1v) is 34.1. The molecule has 12 heterocycles. The molecule has 0 fully saturated rings. The van der Waals surface area contributed by atoms with Crippen LogP contribution in [0.25, 0.3) is 135 Å². The van der Waals surface area contributed by atoms with Crippen LogP contribution in [0.4, 0.5) is 8.78 Å². The number of nitrogens with zero attached hydrogens (tertiary/aromatic N) is 20. The van der Waals surface area contributed by atoms with E-state index in [2.05, 4.69) is 108 Å². The zero-order valence-electron chi connectivity index (χ0n) is 59.5. The second kappa shape index (κ2) is 32.3. The third kappa shape index (κ3) is 14.3. The van der Waals surface area contributed by atoms with Crippen molar-refractivity contribution in [1.82, 2.24) is 96.3 Å². The van der Waals surface area contributed by atoms with Gasteiger partial charge in [-0.05, 0) is 12.1 Å². The van der Waals surface area contributed by atoms with Crippen molar-refractivity contribution in [2.75, 3.05) is 0 Å². The molecule has 8 aromatic carbocycles. The van der Waals surface area contributed by atoms with Crippen LogP contribution >= 0.6 is 0 Å². The molecule has 0 saturated heterocycles. The van der Waals surface area contributed by atoms with Crippen LogP contribution in [0.3, 0.4) is 0 Å². The summed E-state index contributed by atoms with van der Waals surface area (Å²) in [6, 6.07) is 69.8. The van der Waals surface area contributed by atoms with Crippen molar-refractivity contribution in [1.29, 1.82) is 0 Å². The molecule has 24 nitrogen and oxygen atoms in total. The standard InChI is InChI=1S/C44H26F2N8O2.C40H24N12O2.4Pt/c1-51-19-17-49-43(51)27-5-3-7-31(21-27)55-33-9-11-35-37(25-33)53(39-23-29(45)13-15-47-39)42-36-12-10-34(26-38(36)54(41(35)42)40-24-30(46)14-16-48-40)56-32-8-4-6-28(22-32)44-50-18-20-52(44)2;1-49-15-13-43-37(49)25-5-3-7-27(17-25)53-29-9-11-31-33(19-29)51(39-45-21-41-22-46-39)36-32-12-10-30(20-34(32)52(35(31)36)40-47-23-42-24-48-40)54-28-8-4-6-26(18-28)38-44-14-16-50(38)2;;;;/h3-20,23-24H,1-2H3;3-16,21-24H,1-2H3;;;;/q2*-4;4*+2. The summed E-state index contributed by atoms with van der Waals surface area (Å²) in [4.78, 5) is 53.3. The van der Waals surface area contributed by atoms with Gasteiger partial charge in [0.25, 0.3) is 0 Å². The minimum absolute atomic E-state index is 0. The maximum atomic E-state index is 15.0. The third-order valence-corrected chi connectivity index (χ3v) is 18.3. The molecule has 0 bridgehead atoms. The van der Waals surface area contributed by atoms with Gasteiger partial charge in [-0.15, -0.1) is 144 Å². The summed E-state index contributed by atoms with van der Waals surface area (Å²) < 4.78 is 70.4. The molecule has 12 aromatic heterocycles. The van der Waals surface area contributed by atoms with Gasteiger partial charge < -0.3 is 55.5 Å². The Morgan fingerprint density at radius 1 is 0.281 bits per heavy atom. The van der Waals surface area contributed by atoms with Crippen molar-refractivity contribution in [3.05, 3.63) is 293 Å². The van der Waals surface area contributed by atoms with Crippen LogP contribution < -0.4 is 18.9 Å². The minimum atomic E-state index is -0.472. The molecule has 0 amide bonds. The molecule has 0 aliphatic carbocycles. The predicted molar refractivity (Wildman–Crippen MR) is 403 cm³/mol. The molecule has 0 spiro atoms. The Morgan fingerprint density at radius 2 is 0.544 bits per heavy atom. The van der Waals surface area contributed by atoms with Gasteiger partial charge in [-0.2, -0.15) is 24.3 Å². The van der Waals surface area contributed by atoms with Crippen LogP contribution in [0.2, 0.25) is 0 Å². The van der Waals surface area contributed by atoms with Gasteiger partial charge in [0.15, 0.2) is 0 Å². The van der Waals surface area contributed by atoms with Gasteiger partial charge in [-0.1, -0.05) is 67.9 Å². The van der Waals surface area contributed by atoms with Crippen molar-refractivity contribution in [2.45, 2.75) is 0 Å². The quantitative estimate of drug-likeness (QED) is 0.0819. The van der Waals surface area contributed by atoms with Crippen molar-refractivity contribution < 1.29 is 112 Å². The van der Waals surface area contributed by atoms with Crippen molar-refractivity contribution in [3.63, 3.8) is 0 Å². The summed E-state index contributed by atoms with van der Waals surface area (Å²) in [7, 11) is 7.69. The summed E-state index contributed by atoms with van der Waals surface area (Å²) in [6.07, 6.45) is 23.1. The molecule has 0 N–H and O–H groups in total. The van der Waals surface area contributed by atoms with E-state index in [1.165, 1.54) is 62.0 Å². The Bertz CT molecular complexity index is 6550. The molecule has 564 valence electrons. The molecule has 0 aliphatic rings. The molecule has 30 heteroatoms. The van der Waals surface area contributed by atoms with Crippen molar-refractivity contribution in [2.24, 2.45) is 28.2 Å². The number of aromatic nitrogens is 20. The fraction of sp³-hybridized carbons (Fsp3) is 0.0476. The summed E-state index contributed by atoms with van der Waals surface area (Å²) in [5.74, 6) is 7.10. The number of hydrogen-bond acceptors (Lipinski definition) is 16. The summed E-state index contributed by atoms with van der Waals surface area (Å²) in [5.41, 5.74) is 8.36. The largest absolute Gasteiger partial charge is 2.00 e. The Balaban J connectivity index is 0.000000174. The van der Waals surface area contributed by atoms with Crippen molar-refractivity contribution in [3.8, 4) is 115 Å². The van der Waals surface area contributed by atoms with Crippen LogP contribution in [0, 0.1) is 60.2 Å². The predicted octanol–water partition coefficient (Wildman–Crippen LogP) is 16.1. The number of aryl methyl sites for hydroxylation is 4. The minimum Gasteiger partial charge on any atom is -0.503 e. The zero-order valence-corrected chi connectivity index (χ0v) is 68.6. The molecule has 0 saturated carbocycles. The fourth-order valence-electron chi connectivity index (χ4n) is 13.5. The van der Waals surface area contributed by atoms with Crippen LogP contribution in [0.15, 0.2) is 233 Å². The van der Waals surface area contributed by atoms with Crippen LogP contribution in [0.5, 0.6) is 46.0 Å². The summed E-state index contributed by atoms with van der Waals surface area (Å²) in [5, 5.41) is 3.01. The number of rotatable bonds is 16. The van der Waals surface area contributed by atoms with E-state index >= 15 is 0 Å². The average Bonchev–Trinajstić information content (AvgIpc) is 1.55. The molecule has 0 aliphatic heterocycles. The van der Waals surface area contributed by atoms with E-state index in [1.54, 1.807) is 49.1 Å². The number of pyridine rings is 2. The van der Waals surface area contributed by atoms with E-state index in [9.17, 15) is 8.78 Å². The number of fused-ring (bicyclic) bond motifs is 10. The molecule has 0 atom stereocenters. The second-order valence-corrected chi connectivity index (χ2v) is 25.2. The molecular formula is C84H50F2N20O4Pt4. The molecular weight excluding hydrogens is 2170 g/mol. The van der Waals surface area contributed by atoms with E-state index in [4.69, 9.17) is 18.9 Å². The molecule has 20 rings (SSSR count). The monoisotopic (exact) mass is 2220 g/mol. The molecule has 114 heavy (non-hydrogen) atoms. The number of hydrogen-bond donors (Lipinski definition) is 0. The number of imidazole rings is 4. The van der Waals surface area contributed by atoms with Crippen LogP contribution in [-0.4, -0.2) is 96.3 Å². The van der Waals surface area contributed by atoms with Gasteiger partial charge in [-0.3, -0.25) is 19.9 Å². The number of ether oxygens (including phenoxy) is 4. The van der Waals surface area contributed by atoms with E-state index in [0.717, 1.165) is 67.4 Å². The molecule has 0 radical (unpaired) electrons. The first-order chi connectivity index (χ1) is 54.0. The van der Waals surface area contributed by atoms with Gasteiger partial charge in [-0.25, -0.2) is 48.7 Å². The maximum absolute atomic E-state index is 15.0. The number of benzene rings is 8. The fourth-order valence-corrected chi connectivity index (χ4v) is 13.5. The van der Waals surface area contributed by atoms with E-state index in [1.807, 2.05) is 187 Å². The molecule has 0 unspecified atom stereocenters. The van der Waals surface area contributed by atoms with E-state index in [0.29, 0.717) is 113 Å². The van der Waals surface area contributed by atoms with Crippen LogP contribution in [-0.2, 0) is 112 Å². The van der Waals surface area contributed by atoms with Gasteiger partial charge >= 0.3 is 84.3 Å². The molecule has 20 aromatic rings. The van der Waals surface area contributed by atoms with Gasteiger partial charge in [0.1, 0.15) is 48.6 Å². The SMILES string of the molecule is Cn1ccnc1-c1[c-]c(Oc2[c-]c3c(cc2)c2c(c4ccc(Oc5[c-]c(-c6nccn6C)ccc5)[c-]c4n2-c2cc(F)ccn2)n3-c2cc(F)ccn2)ccc1.Cn1ccnc1-c1[c-]c(Oc2[c-]c3c(cc2)c2c(c4ccc(Oc5[c-]c(-c6nccn6C)ccc5)[c-]c4n2-c2ncncn2)n3-c2ncncn2)ccc1.[Pt+2].[Pt+2].[Pt+2].[Pt+2]. The summed E-state index contributed by atoms with van der Waals surface area (Å²) in [6.45, 7) is 0.